The minimum atomic E-state index is -4.23. The van der Waals surface area contributed by atoms with E-state index in [-0.39, 0.29) is 19.2 Å². The van der Waals surface area contributed by atoms with Crippen molar-refractivity contribution in [3.8, 4) is 17.2 Å². The first-order valence-corrected chi connectivity index (χ1v) is 8.83. The Kier molecular flexibility index (Phi) is 6.61. The highest BCUT2D eigenvalue weighted by atomic mass is 19.3. The van der Waals surface area contributed by atoms with Gasteiger partial charge < -0.3 is 18.9 Å². The van der Waals surface area contributed by atoms with Crippen LogP contribution in [0.1, 0.15) is 21.5 Å². The van der Waals surface area contributed by atoms with Gasteiger partial charge in [0.2, 0.25) is 6.79 Å². The third-order valence-corrected chi connectivity index (χ3v) is 4.26. The first-order chi connectivity index (χ1) is 14.3. The first-order valence-electron chi connectivity index (χ1n) is 8.83. The molecule has 9 heteroatoms. The summed E-state index contributed by atoms with van der Waals surface area (Å²) in [7, 11) is 1.38. The maximum absolute atomic E-state index is 13.0. The van der Waals surface area contributed by atoms with Gasteiger partial charge in [-0.15, -0.1) is 0 Å². The number of hydrogen-bond donors (Lipinski definition) is 0. The Hall–Kier alpha value is -3.07. The van der Waals surface area contributed by atoms with Crippen molar-refractivity contribution >= 4 is 11.9 Å². The van der Waals surface area contributed by atoms with Gasteiger partial charge in [0.1, 0.15) is 12.4 Å². The van der Waals surface area contributed by atoms with Crippen molar-refractivity contribution in [2.45, 2.75) is 19.0 Å². The summed E-state index contributed by atoms with van der Waals surface area (Å²) < 4.78 is 70.8. The van der Waals surface area contributed by atoms with Crippen molar-refractivity contribution in [3.63, 3.8) is 0 Å². The van der Waals surface area contributed by atoms with E-state index in [1.165, 1.54) is 19.3 Å². The predicted molar refractivity (Wildman–Crippen MR) is 99.5 cm³/mol. The number of alkyl halides is 4. The highest BCUT2D eigenvalue weighted by Crippen LogP contribution is 2.32. The number of fused-ring (bicyclic) bond motifs is 1. The third-order valence-electron chi connectivity index (χ3n) is 4.26. The number of carbonyl (C=O) groups excluding carboxylic acids is 1. The predicted octanol–water partition coefficient (Wildman–Crippen LogP) is 4.74. The molecule has 0 unspecified atom stereocenters. The molecule has 160 valence electrons. The Morgan fingerprint density at radius 2 is 1.93 bits per heavy atom. The topological polar surface area (TPSA) is 54.0 Å². The second-order valence-electron chi connectivity index (χ2n) is 6.39. The van der Waals surface area contributed by atoms with Crippen LogP contribution in [0.3, 0.4) is 0 Å². The van der Waals surface area contributed by atoms with Gasteiger partial charge in [-0.1, -0.05) is 12.1 Å². The van der Waals surface area contributed by atoms with Crippen LogP contribution < -0.4 is 14.2 Å². The number of carbonyl (C=O) groups is 1. The summed E-state index contributed by atoms with van der Waals surface area (Å²) in [6.45, 7) is -1.68. The maximum Gasteiger partial charge on any atom is 0.330 e. The fraction of sp³-hybridized carbons (Fsp3) is 0.286. The van der Waals surface area contributed by atoms with Crippen molar-refractivity contribution in [2.24, 2.45) is 0 Å². The molecule has 5 nitrogen and oxygen atoms in total. The summed E-state index contributed by atoms with van der Waals surface area (Å²) >= 11 is 0. The number of allylic oxidation sites excluding steroid dienone is 1. The molecule has 0 aliphatic carbocycles. The molecule has 1 heterocycles. The van der Waals surface area contributed by atoms with Gasteiger partial charge in [0.25, 0.3) is 0 Å². The van der Waals surface area contributed by atoms with Crippen LogP contribution >= 0.6 is 0 Å². The molecule has 0 aromatic heterocycles. The lowest BCUT2D eigenvalue weighted by molar-refractivity contribution is -0.168. The molecule has 0 radical (unpaired) electrons. The van der Waals surface area contributed by atoms with E-state index in [2.05, 4.69) is 0 Å². The Bertz CT molecular complexity index is 943. The van der Waals surface area contributed by atoms with Crippen molar-refractivity contribution in [2.75, 3.05) is 20.5 Å². The summed E-state index contributed by atoms with van der Waals surface area (Å²) in [6.07, 6.45) is -0.936. The number of hydrogen-bond acceptors (Lipinski definition) is 5. The minimum absolute atomic E-state index is 0.1000. The van der Waals surface area contributed by atoms with E-state index in [0.717, 1.165) is 0 Å². The second-order valence-corrected chi connectivity index (χ2v) is 6.39. The molecular formula is C21H18F4O5. The van der Waals surface area contributed by atoms with E-state index >= 15 is 0 Å². The molecule has 0 fully saturated rings. The van der Waals surface area contributed by atoms with Crippen molar-refractivity contribution in [1.82, 2.24) is 0 Å². The fourth-order valence-electron chi connectivity index (χ4n) is 2.69. The number of ether oxygens (including phenoxy) is 4. The summed E-state index contributed by atoms with van der Waals surface area (Å²) in [5, 5.41) is 0. The average Bonchev–Trinajstić information content (AvgIpc) is 3.19. The lowest BCUT2D eigenvalue weighted by Gasteiger charge is -2.16. The fourth-order valence-corrected chi connectivity index (χ4v) is 2.69. The van der Waals surface area contributed by atoms with Gasteiger partial charge in [0.15, 0.2) is 17.3 Å². The molecule has 1 aliphatic rings. The summed E-state index contributed by atoms with van der Waals surface area (Å²) in [4.78, 5) is 12.4. The van der Waals surface area contributed by atoms with Gasteiger partial charge in [0, 0.05) is 11.1 Å². The highest BCUT2D eigenvalue weighted by molar-refractivity contribution is 6.07. The third kappa shape index (κ3) is 5.10. The number of ketones is 1. The quantitative estimate of drug-likeness (QED) is 0.330. The monoisotopic (exact) mass is 426 g/mol. The van der Waals surface area contributed by atoms with Gasteiger partial charge >= 0.3 is 12.3 Å². The zero-order chi connectivity index (χ0) is 21.7. The van der Waals surface area contributed by atoms with Gasteiger partial charge in [-0.2, -0.15) is 8.78 Å². The van der Waals surface area contributed by atoms with Crippen LogP contribution in [0.25, 0.3) is 6.08 Å². The standard InChI is InChI=1S/C21H18F4O5/c1-27-17-6-3-13(8-15(17)10-28-11-21(24,25)20(22)23)2-5-16(26)14-4-7-18-19(9-14)30-12-29-18/h2-9,20H,10-12H2,1H3/b5-2+. The normalized spacial score (nSPS) is 13.3. The SMILES string of the molecule is COc1ccc(/C=C/C(=O)c2ccc3c(c2)OCO3)cc1COCC(F)(F)C(F)F. The van der Waals surface area contributed by atoms with Crippen molar-refractivity contribution in [1.29, 1.82) is 0 Å². The molecule has 0 atom stereocenters. The van der Waals surface area contributed by atoms with E-state index in [0.29, 0.717) is 33.9 Å². The Morgan fingerprint density at radius 3 is 2.67 bits per heavy atom. The molecule has 3 rings (SSSR count). The van der Waals surface area contributed by atoms with E-state index in [9.17, 15) is 22.4 Å². The van der Waals surface area contributed by atoms with Gasteiger partial charge in [-0.3, -0.25) is 4.79 Å². The van der Waals surface area contributed by atoms with Gasteiger partial charge in [-0.25, -0.2) is 8.78 Å². The molecule has 0 amide bonds. The number of rotatable bonds is 9. The summed E-state index contributed by atoms with van der Waals surface area (Å²) in [6, 6.07) is 9.60. The lowest BCUT2D eigenvalue weighted by atomic mass is 10.1. The Labute approximate surface area is 169 Å². The number of methoxy groups -OCH3 is 1. The van der Waals surface area contributed by atoms with Crippen LogP contribution in [0.2, 0.25) is 0 Å². The van der Waals surface area contributed by atoms with Gasteiger partial charge in [0.05, 0.1) is 13.7 Å². The number of halogens is 4. The van der Waals surface area contributed by atoms with E-state index < -0.39 is 19.0 Å². The molecule has 0 bridgehead atoms. The van der Waals surface area contributed by atoms with Crippen LogP contribution in [0, 0.1) is 0 Å². The molecule has 0 saturated carbocycles. The number of benzene rings is 2. The lowest BCUT2D eigenvalue weighted by Crippen LogP contribution is -2.32. The zero-order valence-corrected chi connectivity index (χ0v) is 15.9. The smallest absolute Gasteiger partial charge is 0.330 e. The average molecular weight is 426 g/mol. The van der Waals surface area contributed by atoms with E-state index in [1.54, 1.807) is 36.4 Å². The molecule has 0 spiro atoms. The van der Waals surface area contributed by atoms with Gasteiger partial charge in [-0.05, 0) is 42.0 Å². The highest BCUT2D eigenvalue weighted by Gasteiger charge is 2.41. The Balaban J connectivity index is 1.68. The van der Waals surface area contributed by atoms with E-state index in [4.69, 9.17) is 18.9 Å². The van der Waals surface area contributed by atoms with Crippen LogP contribution in [-0.4, -0.2) is 38.6 Å². The van der Waals surface area contributed by atoms with Crippen molar-refractivity contribution in [3.05, 3.63) is 59.2 Å². The largest absolute Gasteiger partial charge is 0.496 e. The molecule has 2 aromatic carbocycles. The summed E-state index contributed by atoms with van der Waals surface area (Å²) in [5.74, 6) is -3.12. The van der Waals surface area contributed by atoms with Crippen molar-refractivity contribution < 1.29 is 41.3 Å². The molecular weight excluding hydrogens is 408 g/mol. The Morgan fingerprint density at radius 1 is 1.17 bits per heavy atom. The summed E-state index contributed by atoms with van der Waals surface area (Å²) in [5.41, 5.74) is 1.35. The first kappa shape index (κ1) is 21.6. The van der Waals surface area contributed by atoms with Crippen LogP contribution in [0.5, 0.6) is 17.2 Å². The molecule has 0 N–H and O–H groups in total. The molecule has 1 aliphatic heterocycles. The molecule has 0 saturated heterocycles. The zero-order valence-electron chi connectivity index (χ0n) is 15.9. The maximum atomic E-state index is 13.0. The van der Waals surface area contributed by atoms with Crippen LogP contribution in [0.15, 0.2) is 42.5 Å². The van der Waals surface area contributed by atoms with Crippen LogP contribution in [-0.2, 0) is 11.3 Å². The van der Waals surface area contributed by atoms with E-state index in [1.807, 2.05) is 0 Å². The second kappa shape index (κ2) is 9.17. The minimum Gasteiger partial charge on any atom is -0.496 e. The molecule has 30 heavy (non-hydrogen) atoms. The molecule has 2 aromatic rings. The van der Waals surface area contributed by atoms with Crippen LogP contribution in [0.4, 0.5) is 17.6 Å².